The number of carbonyl (C=O) groups excluding carboxylic acids is 1. The minimum absolute atomic E-state index is 0.0168. The molecule has 1 atom stereocenters. The Morgan fingerprint density at radius 3 is 2.05 bits per heavy atom. The van der Waals surface area contributed by atoms with Crippen molar-refractivity contribution in [3.05, 3.63) is 109 Å². The van der Waals surface area contributed by atoms with Gasteiger partial charge < -0.3 is 8.85 Å². The monoisotopic (exact) mass is 648 g/mol. The van der Waals surface area contributed by atoms with E-state index in [1.807, 2.05) is 0 Å². The second kappa shape index (κ2) is 12.9. The number of aryl methyl sites for hydroxylation is 1. The van der Waals surface area contributed by atoms with Crippen LogP contribution in [0.5, 0.6) is 0 Å². The first-order valence-corrected chi connectivity index (χ1v) is 33.0. The normalized spacial score (nSPS) is 19.0. The predicted molar refractivity (Wildman–Crippen MR) is 201 cm³/mol. The summed E-state index contributed by atoms with van der Waals surface area (Å²) in [6.45, 7) is 10.5. The molecule has 3 nitrogen and oxygen atoms in total. The average Bonchev–Trinajstić information content (AvgIpc) is 3.02. The number of benzene rings is 6. The van der Waals surface area contributed by atoms with Crippen molar-refractivity contribution in [2.75, 3.05) is 6.61 Å². The lowest BCUT2D eigenvalue weighted by molar-refractivity contribution is -0.138. The highest BCUT2D eigenvalue weighted by molar-refractivity contribution is 7.61. The highest BCUT2D eigenvalue weighted by Gasteiger charge is 2.30. The topological polar surface area (TPSA) is 35.5 Å². The van der Waals surface area contributed by atoms with Gasteiger partial charge in [0.25, 0.3) is 0 Å². The molecule has 0 aromatic heterocycles. The lowest BCUT2D eigenvalue weighted by atomic mass is 9.92. The number of esters is 1. The van der Waals surface area contributed by atoms with Gasteiger partial charge in [0.2, 0.25) is 0 Å². The summed E-state index contributed by atoms with van der Waals surface area (Å²) >= 11 is 0. The summed E-state index contributed by atoms with van der Waals surface area (Å²) in [6.07, 6.45) is 1.01. The molecule has 218 valence electrons. The van der Waals surface area contributed by atoms with Crippen molar-refractivity contribution >= 4 is 103 Å². The zero-order chi connectivity index (χ0) is 30.0. The van der Waals surface area contributed by atoms with Crippen LogP contribution in [-0.2, 0) is 13.6 Å². The van der Waals surface area contributed by atoms with Crippen molar-refractivity contribution in [1.29, 1.82) is 0 Å². The van der Waals surface area contributed by atoms with Crippen LogP contribution >= 0.6 is 0 Å². The Hall–Kier alpha value is -3.13. The van der Waals surface area contributed by atoms with Crippen LogP contribution in [0.3, 0.4) is 0 Å². The molecule has 0 bridgehead atoms. The minimum Gasteiger partial charge on any atom is -0.466 e. The summed E-state index contributed by atoms with van der Waals surface area (Å²) in [7, 11) is 0.0598. The van der Waals surface area contributed by atoms with Crippen molar-refractivity contribution < 1.29 is 13.6 Å². The molecule has 6 aromatic carbocycles. The third-order valence-corrected chi connectivity index (χ3v) is 70.3. The molecule has 6 aromatic rings. The van der Waals surface area contributed by atoms with Crippen molar-refractivity contribution in [3.8, 4) is 0 Å². The molecule has 43 heavy (non-hydrogen) atoms. The van der Waals surface area contributed by atoms with Crippen LogP contribution in [0.25, 0.3) is 53.9 Å². The molecule has 0 amide bonds. The lowest BCUT2D eigenvalue weighted by Crippen LogP contribution is -2.53. The fourth-order valence-corrected chi connectivity index (χ4v) is 102. The maximum atomic E-state index is 11.2. The van der Waals surface area contributed by atoms with Crippen molar-refractivity contribution in [2.24, 2.45) is 0 Å². The number of carbonyl (C=O) groups is 1. The first-order chi connectivity index (χ1) is 20.8. The molecule has 0 saturated carbocycles. The Morgan fingerprint density at radius 1 is 0.767 bits per heavy atom. The molecule has 0 radical (unpaired) electrons. The first kappa shape index (κ1) is 29.9. The van der Waals surface area contributed by atoms with Crippen LogP contribution in [0.2, 0.25) is 12.6 Å². The second-order valence-corrected chi connectivity index (χ2v) is 47.8. The molecular weight excluding hydrogens is 609 g/mol. The Morgan fingerprint density at radius 2 is 1.35 bits per heavy atom. The molecule has 1 saturated heterocycles. The second-order valence-electron chi connectivity index (χ2n) is 12.3. The van der Waals surface area contributed by atoms with Crippen molar-refractivity contribution in [3.63, 3.8) is 0 Å². The van der Waals surface area contributed by atoms with Gasteiger partial charge in [0.15, 0.2) is 7.83 Å². The molecule has 1 aliphatic rings. The molecule has 0 N–H and O–H groups in total. The van der Waals surface area contributed by atoms with E-state index in [1.165, 1.54) is 65.5 Å². The lowest BCUT2D eigenvalue weighted by Gasteiger charge is -2.31. The van der Waals surface area contributed by atoms with Crippen LogP contribution in [0, 0.1) is 6.92 Å². The van der Waals surface area contributed by atoms with Crippen LogP contribution in [-0.4, -0.2) is 55.4 Å². The third-order valence-electron chi connectivity index (χ3n) is 8.93. The van der Waals surface area contributed by atoms with Crippen LogP contribution in [0.4, 0.5) is 0 Å². The number of hydrogen-bond acceptors (Lipinski definition) is 3. The Labute approximate surface area is 263 Å². The smallest absolute Gasteiger partial charge is 0.333 e. The Bertz CT molecular complexity index is 2000. The summed E-state index contributed by atoms with van der Waals surface area (Å²) in [5.74, 6) is -0.246. The van der Waals surface area contributed by atoms with Crippen LogP contribution in [0.15, 0.2) is 103 Å². The van der Waals surface area contributed by atoms with Crippen molar-refractivity contribution in [1.82, 2.24) is 0 Å². The predicted octanol–water partition coefficient (Wildman–Crippen LogP) is 5.69. The van der Waals surface area contributed by atoms with Crippen LogP contribution < -0.4 is 0 Å². The maximum absolute atomic E-state index is 11.2. The Kier molecular flexibility index (Phi) is 8.94. The highest BCUT2D eigenvalue weighted by Crippen LogP contribution is 2.35. The fourth-order valence-electron chi connectivity index (χ4n) is 6.46. The van der Waals surface area contributed by atoms with E-state index in [2.05, 4.69) is 111 Å². The van der Waals surface area contributed by atoms with Gasteiger partial charge in [-0.2, -0.15) is 0 Å². The highest BCUT2D eigenvalue weighted by atomic mass is 29.9. The molecule has 8 heteroatoms. The van der Waals surface area contributed by atoms with E-state index < -0.39 is 7.83 Å². The zero-order valence-corrected chi connectivity index (χ0v) is 32.2. The van der Waals surface area contributed by atoms with Gasteiger partial charge in [-0.15, -0.1) is 0 Å². The zero-order valence-electron chi connectivity index (χ0n) is 25.5. The van der Waals surface area contributed by atoms with E-state index in [0.29, 0.717) is 29.3 Å². The molecule has 7 rings (SSSR count). The molecule has 1 heterocycles. The summed E-state index contributed by atoms with van der Waals surface area (Å²) in [5, 5.41) is 13.2. The first-order valence-electron chi connectivity index (χ1n) is 15.5. The largest absolute Gasteiger partial charge is 0.466 e. The van der Waals surface area contributed by atoms with E-state index >= 15 is 0 Å². The van der Waals surface area contributed by atoms with Gasteiger partial charge in [-0.3, -0.25) is 0 Å². The van der Waals surface area contributed by atoms with Gasteiger partial charge in [-0.1, -0.05) is 67.2 Å². The number of hydrogen-bond donors (Lipinski definition) is 0. The summed E-state index contributed by atoms with van der Waals surface area (Å²) in [5.41, 5.74) is 1.86. The number of fused-ring (bicyclic) bond motifs is 6. The van der Waals surface area contributed by atoms with Gasteiger partial charge in [0.1, 0.15) is 9.28 Å². The molecule has 1 aliphatic heterocycles. The third kappa shape index (κ3) is 6.54. The summed E-state index contributed by atoms with van der Waals surface area (Å²) in [4.78, 5) is 11.2. The molecule has 0 aliphatic carbocycles. The van der Waals surface area contributed by atoms with Gasteiger partial charge in [-0.25, -0.2) is 4.79 Å². The van der Waals surface area contributed by atoms with E-state index in [-0.39, 0.29) is 23.8 Å². The minimum atomic E-state index is -1.15. The summed E-state index contributed by atoms with van der Waals surface area (Å²) < 4.78 is 11.3. The van der Waals surface area contributed by atoms with E-state index in [4.69, 9.17) is 8.85 Å². The van der Waals surface area contributed by atoms with Gasteiger partial charge in [-0.05, 0) is 131 Å². The van der Waals surface area contributed by atoms with Crippen molar-refractivity contribution in [2.45, 2.75) is 32.9 Å². The van der Waals surface area contributed by atoms with Gasteiger partial charge >= 0.3 is 5.97 Å². The fraction of sp³-hybridized carbons (Fsp3) is 0.171. The average molecular weight is 649 g/mol. The maximum Gasteiger partial charge on any atom is 0.333 e. The summed E-state index contributed by atoms with van der Waals surface area (Å²) in [6, 6.07) is 34.8. The molecule has 1 fully saturated rings. The quantitative estimate of drug-likeness (QED) is 0.0602. The molecule has 0 spiro atoms. The number of rotatable bonds is 5. The van der Waals surface area contributed by atoms with E-state index in [1.54, 1.807) is 6.92 Å². The molecule has 1 unspecified atom stereocenters. The van der Waals surface area contributed by atoms with Gasteiger partial charge in [0.05, 0.1) is 6.61 Å². The van der Waals surface area contributed by atoms with E-state index in [9.17, 15) is 4.79 Å². The Balaban J connectivity index is 0.000000178. The SMILES string of the molecule is C=C(C)C(=O)OCCC[Si]1(C)O[SiH2][SiH2][SiH2][SiH2]1.Cc1c2ccccc2cc2cc3c(ccc4cc5ccccc5cc43)cc12. The molecular formula is C35H40O3Si5. The van der Waals surface area contributed by atoms with Crippen LogP contribution in [0.1, 0.15) is 18.9 Å². The van der Waals surface area contributed by atoms with E-state index in [0.717, 1.165) is 6.42 Å². The standard InChI is InChI=1S/C27H18.C8H22O3Si5/c1-17-24-9-5-4-8-20(24)13-23-16-27-22(15-25(17)23)11-10-21-12-18-6-2-3-7-19(18)14-26(21)27;1-7(2)8(9)10-5-4-6-16(3)11-12-13-14-15-16/h2-16H,1H3;1,4-6,12-15H2,2-3H3. The van der Waals surface area contributed by atoms with Gasteiger partial charge in [0, 0.05) is 22.7 Å². The number of ether oxygens (including phenoxy) is 1.